The Balaban J connectivity index is 1.75. The van der Waals surface area contributed by atoms with Crippen molar-refractivity contribution in [3.63, 3.8) is 0 Å². The van der Waals surface area contributed by atoms with Crippen molar-refractivity contribution in [1.29, 1.82) is 0 Å². The average molecular weight is 319 g/mol. The summed E-state index contributed by atoms with van der Waals surface area (Å²) in [5.74, 6) is 0.692. The molecule has 0 N–H and O–H groups in total. The van der Waals surface area contributed by atoms with Gasteiger partial charge in [-0.2, -0.15) is 0 Å². The van der Waals surface area contributed by atoms with Crippen LogP contribution in [-0.2, 0) is 0 Å². The van der Waals surface area contributed by atoms with E-state index in [1.165, 1.54) is 0 Å². The summed E-state index contributed by atoms with van der Waals surface area (Å²) in [7, 11) is 0. The predicted octanol–water partition coefficient (Wildman–Crippen LogP) is 3.29. The summed E-state index contributed by atoms with van der Waals surface area (Å²) in [4.78, 5) is 23.8. The third-order valence-corrected chi connectivity index (χ3v) is 4.30. The van der Waals surface area contributed by atoms with Gasteiger partial charge < -0.3 is 9.64 Å². The van der Waals surface area contributed by atoms with Crippen LogP contribution >= 0.6 is 0 Å². The monoisotopic (exact) mass is 319 g/mol. The Morgan fingerprint density at radius 1 is 1.04 bits per heavy atom. The highest BCUT2D eigenvalue weighted by atomic mass is 16.5. The summed E-state index contributed by atoms with van der Waals surface area (Å²) in [6.45, 7) is 4.89. The van der Waals surface area contributed by atoms with Crippen molar-refractivity contribution in [2.45, 2.75) is 13.8 Å². The Bertz CT molecular complexity index is 952. The van der Waals surface area contributed by atoms with E-state index in [4.69, 9.17) is 4.74 Å². The molecule has 0 atom stereocenters. The van der Waals surface area contributed by atoms with Gasteiger partial charge in [0, 0.05) is 5.56 Å². The minimum atomic E-state index is -0.0484. The van der Waals surface area contributed by atoms with E-state index >= 15 is 0 Å². The molecule has 1 aromatic heterocycles. The van der Waals surface area contributed by atoms with E-state index in [2.05, 4.69) is 9.97 Å². The molecule has 1 amide bonds. The highest BCUT2D eigenvalue weighted by Crippen LogP contribution is 2.32. The van der Waals surface area contributed by atoms with Gasteiger partial charge in [-0.05, 0) is 44.2 Å². The number of ether oxygens (including phenoxy) is 1. The molecule has 2 aromatic carbocycles. The average Bonchev–Trinajstić information content (AvgIpc) is 2.61. The first-order valence-corrected chi connectivity index (χ1v) is 7.92. The van der Waals surface area contributed by atoms with Crippen LogP contribution in [0.25, 0.3) is 11.0 Å². The first-order valence-electron chi connectivity index (χ1n) is 7.92. The van der Waals surface area contributed by atoms with Crippen molar-refractivity contribution in [2.75, 3.05) is 18.1 Å². The lowest BCUT2D eigenvalue weighted by molar-refractivity contribution is 0.0976. The topological polar surface area (TPSA) is 55.3 Å². The molecular formula is C19H17N3O2. The first-order chi connectivity index (χ1) is 11.6. The molecule has 2 heterocycles. The molecular weight excluding hydrogens is 302 g/mol. The standard InChI is InChI=1S/C19H17N3O2/c1-12-13(2)21-16-11-14(7-8-15(16)20-12)19(23)22-9-10-24-18-6-4-3-5-17(18)22/h3-8,11H,9-10H2,1-2H3. The molecule has 0 fully saturated rings. The largest absolute Gasteiger partial charge is 0.490 e. The summed E-state index contributed by atoms with van der Waals surface area (Å²) in [5.41, 5.74) is 4.74. The Morgan fingerprint density at radius 3 is 2.62 bits per heavy atom. The lowest BCUT2D eigenvalue weighted by atomic mass is 10.1. The number of aromatic nitrogens is 2. The van der Waals surface area contributed by atoms with Gasteiger partial charge in [-0.15, -0.1) is 0 Å². The predicted molar refractivity (Wildman–Crippen MR) is 92.6 cm³/mol. The third-order valence-electron chi connectivity index (χ3n) is 4.30. The highest BCUT2D eigenvalue weighted by molar-refractivity contribution is 6.08. The zero-order chi connectivity index (χ0) is 16.7. The van der Waals surface area contributed by atoms with Crippen LogP contribution in [0.2, 0.25) is 0 Å². The van der Waals surface area contributed by atoms with Gasteiger partial charge in [-0.1, -0.05) is 12.1 Å². The molecule has 0 bridgehead atoms. The molecule has 1 aliphatic heterocycles. The van der Waals surface area contributed by atoms with Gasteiger partial charge in [0.2, 0.25) is 0 Å². The van der Waals surface area contributed by atoms with Crippen LogP contribution in [0.4, 0.5) is 5.69 Å². The molecule has 0 saturated heterocycles. The van der Waals surface area contributed by atoms with Crippen LogP contribution in [0, 0.1) is 13.8 Å². The van der Waals surface area contributed by atoms with Gasteiger partial charge in [0.05, 0.1) is 34.7 Å². The smallest absolute Gasteiger partial charge is 0.258 e. The van der Waals surface area contributed by atoms with Gasteiger partial charge in [-0.25, -0.2) is 9.97 Å². The highest BCUT2D eigenvalue weighted by Gasteiger charge is 2.24. The maximum absolute atomic E-state index is 13.0. The summed E-state index contributed by atoms with van der Waals surface area (Å²) in [6, 6.07) is 13.1. The Labute approximate surface area is 139 Å². The van der Waals surface area contributed by atoms with Gasteiger partial charge in [0.1, 0.15) is 12.4 Å². The number of fused-ring (bicyclic) bond motifs is 2. The second kappa shape index (κ2) is 5.60. The van der Waals surface area contributed by atoms with Crippen LogP contribution in [0.5, 0.6) is 5.75 Å². The second-order valence-corrected chi connectivity index (χ2v) is 5.87. The van der Waals surface area contributed by atoms with E-state index in [1.54, 1.807) is 4.90 Å². The summed E-state index contributed by atoms with van der Waals surface area (Å²) in [5, 5.41) is 0. The maximum Gasteiger partial charge on any atom is 0.258 e. The summed E-state index contributed by atoms with van der Waals surface area (Å²) >= 11 is 0. The van der Waals surface area contributed by atoms with Crippen LogP contribution in [-0.4, -0.2) is 29.0 Å². The van der Waals surface area contributed by atoms with Crippen LogP contribution < -0.4 is 9.64 Å². The number of para-hydroxylation sites is 2. The van der Waals surface area contributed by atoms with Crippen molar-refractivity contribution >= 4 is 22.6 Å². The number of carbonyl (C=O) groups is 1. The number of hydrogen-bond acceptors (Lipinski definition) is 4. The number of hydrogen-bond donors (Lipinski definition) is 0. The molecule has 5 heteroatoms. The van der Waals surface area contributed by atoms with E-state index in [9.17, 15) is 4.79 Å². The fraction of sp³-hybridized carbons (Fsp3) is 0.211. The number of rotatable bonds is 1. The Hall–Kier alpha value is -2.95. The molecule has 0 saturated carbocycles. The van der Waals surface area contributed by atoms with Gasteiger partial charge in [-0.3, -0.25) is 4.79 Å². The van der Waals surface area contributed by atoms with E-state index in [0.29, 0.717) is 18.7 Å². The molecule has 0 spiro atoms. The molecule has 3 aromatic rings. The van der Waals surface area contributed by atoms with Crippen molar-refractivity contribution in [2.24, 2.45) is 0 Å². The fourth-order valence-electron chi connectivity index (χ4n) is 2.90. The molecule has 120 valence electrons. The quantitative estimate of drug-likeness (QED) is 0.690. The zero-order valence-electron chi connectivity index (χ0n) is 13.6. The normalized spacial score (nSPS) is 13.5. The maximum atomic E-state index is 13.0. The minimum absolute atomic E-state index is 0.0484. The molecule has 5 nitrogen and oxygen atoms in total. The summed E-state index contributed by atoms with van der Waals surface area (Å²) < 4.78 is 5.62. The molecule has 0 radical (unpaired) electrons. The zero-order valence-corrected chi connectivity index (χ0v) is 13.6. The number of carbonyl (C=O) groups excluding carboxylic acids is 1. The second-order valence-electron chi connectivity index (χ2n) is 5.87. The van der Waals surface area contributed by atoms with Crippen molar-refractivity contribution in [3.05, 3.63) is 59.4 Å². The van der Waals surface area contributed by atoms with Gasteiger partial charge >= 0.3 is 0 Å². The van der Waals surface area contributed by atoms with Gasteiger partial charge in [0.25, 0.3) is 5.91 Å². The van der Waals surface area contributed by atoms with Crippen LogP contribution in [0.3, 0.4) is 0 Å². The third kappa shape index (κ3) is 2.38. The molecule has 24 heavy (non-hydrogen) atoms. The number of anilines is 1. The first kappa shape index (κ1) is 14.6. The number of aryl methyl sites for hydroxylation is 2. The molecule has 4 rings (SSSR count). The number of amides is 1. The van der Waals surface area contributed by atoms with Crippen molar-refractivity contribution in [3.8, 4) is 5.75 Å². The van der Waals surface area contributed by atoms with Crippen LogP contribution in [0.1, 0.15) is 21.7 Å². The van der Waals surface area contributed by atoms with Crippen LogP contribution in [0.15, 0.2) is 42.5 Å². The van der Waals surface area contributed by atoms with Gasteiger partial charge in [0.15, 0.2) is 0 Å². The Morgan fingerprint density at radius 2 is 1.79 bits per heavy atom. The Kier molecular flexibility index (Phi) is 3.41. The lowest BCUT2D eigenvalue weighted by Crippen LogP contribution is -2.37. The SMILES string of the molecule is Cc1nc2ccc(C(=O)N3CCOc4ccccc43)cc2nc1C. The fourth-order valence-corrected chi connectivity index (χ4v) is 2.90. The van der Waals surface area contributed by atoms with E-state index < -0.39 is 0 Å². The van der Waals surface area contributed by atoms with E-state index in [-0.39, 0.29) is 5.91 Å². The number of benzene rings is 2. The lowest BCUT2D eigenvalue weighted by Gasteiger charge is -2.29. The molecule has 0 aliphatic carbocycles. The summed E-state index contributed by atoms with van der Waals surface area (Å²) in [6.07, 6.45) is 0. The number of nitrogens with zero attached hydrogens (tertiary/aromatic N) is 3. The van der Waals surface area contributed by atoms with E-state index in [0.717, 1.165) is 33.9 Å². The molecule has 1 aliphatic rings. The minimum Gasteiger partial charge on any atom is -0.490 e. The van der Waals surface area contributed by atoms with Crippen molar-refractivity contribution < 1.29 is 9.53 Å². The van der Waals surface area contributed by atoms with Crippen molar-refractivity contribution in [1.82, 2.24) is 9.97 Å². The molecule has 0 unspecified atom stereocenters. The van der Waals surface area contributed by atoms with E-state index in [1.807, 2.05) is 56.3 Å².